The minimum Gasteiger partial charge on any atom is -1.00 e. The molecule has 189 valence electrons. The first-order chi connectivity index (χ1) is 15.2. The van der Waals surface area contributed by atoms with Crippen LogP contribution in [0.25, 0.3) is 0 Å². The Balaban J connectivity index is -0.00000109. The number of carbonyl (C=O) groups is 5. The molecule has 0 aromatic carbocycles. The van der Waals surface area contributed by atoms with Gasteiger partial charge in [-0.05, 0) is 25.8 Å². The number of hydrogen-bond donors (Lipinski definition) is 4. The maximum Gasteiger partial charge on any atom is 2.00 e. The molecule has 0 aliphatic carbocycles. The number of nitrogens with one attached hydrogen (secondary N) is 1. The molecule has 0 spiro atoms. The van der Waals surface area contributed by atoms with E-state index in [1.165, 1.54) is 12.5 Å². The third-order valence-corrected chi connectivity index (χ3v) is 4.44. The topological polar surface area (TPSA) is 221 Å². The van der Waals surface area contributed by atoms with Gasteiger partial charge in [0.25, 0.3) is 0 Å². The molecule has 1 radical (unpaired) electrons. The summed E-state index contributed by atoms with van der Waals surface area (Å²) in [5.74, 6) is -4.42. The summed E-state index contributed by atoms with van der Waals surface area (Å²) in [5, 5.41) is 3.01. The molecule has 1 aromatic rings. The molecule has 1 aliphatic heterocycles. The fourth-order valence-electron chi connectivity index (χ4n) is 2.72. The summed E-state index contributed by atoms with van der Waals surface area (Å²) in [5.41, 5.74) is 16.6. The second-order valence-corrected chi connectivity index (χ2v) is 7.03. The van der Waals surface area contributed by atoms with Gasteiger partial charge in [0, 0.05) is 49.4 Å². The van der Waals surface area contributed by atoms with E-state index in [4.69, 9.17) is 22.0 Å². The number of rotatable bonds is 10. The summed E-state index contributed by atoms with van der Waals surface area (Å²) in [6, 6.07) is -2.93. The van der Waals surface area contributed by atoms with Gasteiger partial charge in [0.15, 0.2) is 0 Å². The smallest absolute Gasteiger partial charge is 1.00 e. The SMILES string of the molecule is NCC(=O)OC(=O)CC[C@H](N)C(=O)OC(=O)[C@@H](N)Cc1cn(OC(=O)[C@@H]2CCCN2)cn1.[Ca+2].[H-].[H-].[Mn].[Zn]. The van der Waals surface area contributed by atoms with Gasteiger partial charge in [0.05, 0.1) is 18.4 Å². The maximum absolute atomic E-state index is 12.0. The Morgan fingerprint density at radius 2 is 1.80 bits per heavy atom. The predicted molar refractivity (Wildman–Crippen MR) is 113 cm³/mol. The number of esters is 4. The van der Waals surface area contributed by atoms with Crippen molar-refractivity contribution in [3.8, 4) is 0 Å². The van der Waals surface area contributed by atoms with E-state index in [-0.39, 0.29) is 102 Å². The van der Waals surface area contributed by atoms with E-state index < -0.39 is 48.5 Å². The average Bonchev–Trinajstić information content (AvgIpc) is 3.44. The van der Waals surface area contributed by atoms with Crippen molar-refractivity contribution in [2.24, 2.45) is 17.2 Å². The first kappa shape index (κ1) is 36.4. The van der Waals surface area contributed by atoms with E-state index in [1.807, 2.05) is 0 Å². The van der Waals surface area contributed by atoms with Crippen molar-refractivity contribution < 1.29 is 77.7 Å². The van der Waals surface area contributed by atoms with E-state index >= 15 is 0 Å². The van der Waals surface area contributed by atoms with Crippen LogP contribution in [0.5, 0.6) is 0 Å². The van der Waals surface area contributed by atoms with Crippen LogP contribution in [-0.4, -0.2) is 109 Å². The van der Waals surface area contributed by atoms with Crippen molar-refractivity contribution in [3.05, 3.63) is 18.2 Å². The van der Waals surface area contributed by atoms with E-state index in [1.54, 1.807) is 0 Å². The zero-order valence-corrected chi connectivity index (χ0v) is 25.4. The maximum atomic E-state index is 12.0. The average molecular weight is 617 g/mol. The number of nitrogens with zero attached hydrogens (tertiary/aromatic N) is 2. The Morgan fingerprint density at radius 3 is 2.40 bits per heavy atom. The molecular weight excluding hydrogens is 589 g/mol. The summed E-state index contributed by atoms with van der Waals surface area (Å²) in [4.78, 5) is 67.3. The molecular formula is C18H28CaMnN6O8Zn. The van der Waals surface area contributed by atoms with Crippen LogP contribution in [0.1, 0.15) is 34.2 Å². The van der Waals surface area contributed by atoms with Crippen LogP contribution in [0.3, 0.4) is 0 Å². The van der Waals surface area contributed by atoms with Crippen LogP contribution in [0, 0.1) is 0 Å². The molecule has 17 heteroatoms. The van der Waals surface area contributed by atoms with Crippen molar-refractivity contribution in [1.29, 1.82) is 0 Å². The van der Waals surface area contributed by atoms with Crippen LogP contribution in [-0.2, 0) is 76.4 Å². The van der Waals surface area contributed by atoms with Gasteiger partial charge in [-0.3, -0.25) is 9.59 Å². The molecule has 2 heterocycles. The van der Waals surface area contributed by atoms with Gasteiger partial charge in [0.2, 0.25) is 0 Å². The Hall–Kier alpha value is -0.797. The van der Waals surface area contributed by atoms with Crippen LogP contribution in [0.2, 0.25) is 0 Å². The minimum atomic E-state index is -1.31. The summed E-state index contributed by atoms with van der Waals surface area (Å²) in [6.45, 7) is 0.275. The molecule has 1 fully saturated rings. The number of nitrogens with two attached hydrogens (primary N) is 3. The number of ether oxygens (including phenoxy) is 2. The van der Waals surface area contributed by atoms with Gasteiger partial charge in [-0.25, -0.2) is 19.4 Å². The Bertz CT molecular complexity index is 881. The van der Waals surface area contributed by atoms with Crippen molar-refractivity contribution in [2.75, 3.05) is 13.1 Å². The minimum absolute atomic E-state index is 0. The molecule has 2 rings (SSSR count). The molecule has 7 N–H and O–H groups in total. The Morgan fingerprint density at radius 1 is 1.14 bits per heavy atom. The molecule has 0 amide bonds. The number of aromatic nitrogens is 2. The molecule has 1 aromatic heterocycles. The Labute approximate surface area is 257 Å². The summed E-state index contributed by atoms with van der Waals surface area (Å²) < 4.78 is 10.1. The van der Waals surface area contributed by atoms with Crippen LogP contribution >= 0.6 is 0 Å². The first-order valence-corrected chi connectivity index (χ1v) is 9.88. The molecule has 0 unspecified atom stereocenters. The monoisotopic (exact) mass is 615 g/mol. The molecule has 14 nitrogen and oxygen atoms in total. The van der Waals surface area contributed by atoms with Gasteiger partial charge in [-0.15, -0.1) is 0 Å². The summed E-state index contributed by atoms with van der Waals surface area (Å²) in [7, 11) is 0. The second kappa shape index (κ2) is 18.4. The van der Waals surface area contributed by atoms with Gasteiger partial charge in [0.1, 0.15) is 24.5 Å². The summed E-state index contributed by atoms with van der Waals surface area (Å²) in [6.07, 6.45) is 3.52. The van der Waals surface area contributed by atoms with Gasteiger partial charge in [-0.2, -0.15) is 4.73 Å². The molecule has 0 saturated carbocycles. The van der Waals surface area contributed by atoms with Crippen molar-refractivity contribution in [3.63, 3.8) is 0 Å². The van der Waals surface area contributed by atoms with Crippen LogP contribution < -0.4 is 27.4 Å². The number of imidazole rings is 1. The number of carbonyl (C=O) groups excluding carboxylic acids is 5. The quantitative estimate of drug-likeness (QED) is 0.114. The Kier molecular flexibility index (Phi) is 19.2. The van der Waals surface area contributed by atoms with Crippen LogP contribution in [0.15, 0.2) is 12.5 Å². The summed E-state index contributed by atoms with van der Waals surface area (Å²) >= 11 is 0. The second-order valence-electron chi connectivity index (χ2n) is 7.03. The molecule has 1 saturated heterocycles. The van der Waals surface area contributed by atoms with Crippen LogP contribution in [0.4, 0.5) is 0 Å². The molecule has 0 bridgehead atoms. The van der Waals surface area contributed by atoms with E-state index in [2.05, 4.69) is 19.8 Å². The zero-order chi connectivity index (χ0) is 23.7. The van der Waals surface area contributed by atoms with Crippen molar-refractivity contribution >= 4 is 67.6 Å². The van der Waals surface area contributed by atoms with Gasteiger partial charge in [-0.1, -0.05) is 0 Å². The van der Waals surface area contributed by atoms with Crippen molar-refractivity contribution in [2.45, 2.75) is 50.2 Å². The third kappa shape index (κ3) is 12.8. The largest absolute Gasteiger partial charge is 2.00 e. The zero-order valence-electron chi connectivity index (χ0n) is 21.0. The van der Waals surface area contributed by atoms with Gasteiger partial charge >= 0.3 is 67.6 Å². The molecule has 35 heavy (non-hydrogen) atoms. The van der Waals surface area contributed by atoms with Gasteiger partial charge < -0.3 is 39.7 Å². The molecule has 1 aliphatic rings. The predicted octanol–water partition coefficient (Wildman–Crippen LogP) is -3.49. The van der Waals surface area contributed by atoms with E-state index in [0.29, 0.717) is 12.1 Å². The standard InChI is InChI=1S/C18H26N6O8.Ca.Mn.Zn.2H/c19-7-15(26)30-14(25)4-3-11(20)16(27)31-17(28)12(21)6-10-8-24(9-23-10)32-18(29)13-2-1-5-22-13;;;;;/h8-9,11-13,22H,1-7,19-21H2;;;;;/q;+2;;;2*-1/t11-,12-,13-;;;;;/m0...../s1. The number of hydrogen-bond acceptors (Lipinski definition) is 13. The van der Waals surface area contributed by atoms with E-state index in [9.17, 15) is 24.0 Å². The normalized spacial score (nSPS) is 15.8. The van der Waals surface area contributed by atoms with Crippen molar-refractivity contribution in [1.82, 2.24) is 15.0 Å². The van der Waals surface area contributed by atoms with E-state index in [0.717, 1.165) is 17.7 Å². The fraction of sp³-hybridized carbons (Fsp3) is 0.556. The third-order valence-electron chi connectivity index (χ3n) is 4.44. The first-order valence-electron chi connectivity index (χ1n) is 9.88. The molecule has 3 atom stereocenters. The fourth-order valence-corrected chi connectivity index (χ4v) is 2.72.